The summed E-state index contributed by atoms with van der Waals surface area (Å²) in [6.07, 6.45) is 0. The highest BCUT2D eigenvalue weighted by Crippen LogP contribution is 2.23. The molecule has 0 radical (unpaired) electrons. The molecule has 0 aliphatic rings. The first kappa shape index (κ1) is 13.3. The normalized spacial score (nSPS) is 10.5. The third-order valence-electron chi connectivity index (χ3n) is 2.87. The van der Waals surface area contributed by atoms with E-state index in [1.807, 2.05) is 19.9 Å². The molecule has 1 amide bonds. The van der Waals surface area contributed by atoms with E-state index in [4.69, 9.17) is 0 Å². The van der Waals surface area contributed by atoms with Crippen LogP contribution in [0.25, 0.3) is 0 Å². The molecule has 0 atom stereocenters. The Labute approximate surface area is 112 Å². The molecule has 2 aromatic carbocycles. The fourth-order valence-electron chi connectivity index (χ4n) is 1.99. The summed E-state index contributed by atoms with van der Waals surface area (Å²) in [6.45, 7) is 3.74. The van der Waals surface area contributed by atoms with E-state index in [1.165, 1.54) is 11.0 Å². The minimum Gasteiger partial charge on any atom is -0.303 e. The topological polar surface area (TPSA) is 20.3 Å². The van der Waals surface area contributed by atoms with Gasteiger partial charge in [-0.2, -0.15) is 0 Å². The first-order chi connectivity index (χ1) is 9.11. The fraction of sp³-hybridized carbons (Fsp3) is 0.188. The second-order valence-corrected chi connectivity index (χ2v) is 4.59. The second kappa shape index (κ2) is 5.65. The Morgan fingerprint density at radius 2 is 1.58 bits per heavy atom. The molecule has 0 aliphatic heterocycles. The van der Waals surface area contributed by atoms with Crippen molar-refractivity contribution in [1.82, 2.24) is 0 Å². The van der Waals surface area contributed by atoms with E-state index in [0.29, 0.717) is 11.3 Å². The zero-order valence-corrected chi connectivity index (χ0v) is 11.0. The van der Waals surface area contributed by atoms with Gasteiger partial charge in [-0.05, 0) is 38.1 Å². The summed E-state index contributed by atoms with van der Waals surface area (Å²) in [6, 6.07) is 15.1. The minimum absolute atomic E-state index is 0.121. The molecule has 19 heavy (non-hydrogen) atoms. The van der Waals surface area contributed by atoms with E-state index in [-0.39, 0.29) is 17.8 Å². The fourth-order valence-corrected chi connectivity index (χ4v) is 1.99. The number of anilines is 1. The number of amides is 1. The Morgan fingerprint density at radius 1 is 1.00 bits per heavy atom. The molecular formula is C16H16FNO. The molecule has 0 N–H and O–H groups in total. The molecule has 3 heteroatoms. The zero-order valence-electron chi connectivity index (χ0n) is 11.0. The van der Waals surface area contributed by atoms with Crippen molar-refractivity contribution in [1.29, 1.82) is 0 Å². The van der Waals surface area contributed by atoms with E-state index in [1.54, 1.807) is 42.5 Å². The molecule has 2 aromatic rings. The lowest BCUT2D eigenvalue weighted by atomic mass is 10.1. The van der Waals surface area contributed by atoms with Gasteiger partial charge in [0.25, 0.3) is 5.91 Å². The number of hydrogen-bond acceptors (Lipinski definition) is 1. The van der Waals surface area contributed by atoms with Gasteiger partial charge in [0.15, 0.2) is 0 Å². The maximum absolute atomic E-state index is 13.9. The Bertz CT molecular complexity index is 566. The Morgan fingerprint density at radius 3 is 2.16 bits per heavy atom. The molecule has 0 aliphatic carbocycles. The minimum atomic E-state index is -0.388. The van der Waals surface area contributed by atoms with E-state index in [0.717, 1.165) is 0 Å². The van der Waals surface area contributed by atoms with Crippen molar-refractivity contribution in [2.75, 3.05) is 4.90 Å². The van der Waals surface area contributed by atoms with Gasteiger partial charge in [-0.25, -0.2) is 4.39 Å². The van der Waals surface area contributed by atoms with Crippen LogP contribution in [0, 0.1) is 5.82 Å². The standard InChI is InChI=1S/C16H16FNO/c1-12(2)18(15-11-7-6-10-14(15)17)16(19)13-8-4-3-5-9-13/h3-12H,1-2H3. The molecule has 0 aromatic heterocycles. The number of carbonyl (C=O) groups excluding carboxylic acids is 1. The van der Waals surface area contributed by atoms with Crippen LogP contribution in [-0.4, -0.2) is 11.9 Å². The highest BCUT2D eigenvalue weighted by molar-refractivity contribution is 6.06. The van der Waals surface area contributed by atoms with Crippen LogP contribution >= 0.6 is 0 Å². The van der Waals surface area contributed by atoms with Gasteiger partial charge >= 0.3 is 0 Å². The lowest BCUT2D eigenvalue weighted by Gasteiger charge is -2.27. The van der Waals surface area contributed by atoms with Crippen molar-refractivity contribution < 1.29 is 9.18 Å². The van der Waals surface area contributed by atoms with Gasteiger partial charge in [-0.15, -0.1) is 0 Å². The lowest BCUT2D eigenvalue weighted by molar-refractivity contribution is 0.0979. The van der Waals surface area contributed by atoms with Gasteiger partial charge in [0, 0.05) is 11.6 Å². The van der Waals surface area contributed by atoms with Crippen molar-refractivity contribution >= 4 is 11.6 Å². The smallest absolute Gasteiger partial charge is 0.258 e. The van der Waals surface area contributed by atoms with Crippen LogP contribution in [0.2, 0.25) is 0 Å². The highest BCUT2D eigenvalue weighted by atomic mass is 19.1. The molecular weight excluding hydrogens is 241 g/mol. The average molecular weight is 257 g/mol. The van der Waals surface area contributed by atoms with Gasteiger partial charge in [0.2, 0.25) is 0 Å². The predicted molar refractivity (Wildman–Crippen MR) is 74.8 cm³/mol. The molecule has 0 fully saturated rings. The summed E-state index contributed by atoms with van der Waals surface area (Å²) < 4.78 is 13.9. The third-order valence-corrected chi connectivity index (χ3v) is 2.87. The SMILES string of the molecule is CC(C)N(C(=O)c1ccccc1)c1ccccc1F. The second-order valence-electron chi connectivity index (χ2n) is 4.59. The number of nitrogens with zero attached hydrogens (tertiary/aromatic N) is 1. The van der Waals surface area contributed by atoms with Crippen molar-refractivity contribution in [2.24, 2.45) is 0 Å². The van der Waals surface area contributed by atoms with Crippen molar-refractivity contribution in [3.63, 3.8) is 0 Å². The molecule has 0 spiro atoms. The molecule has 2 rings (SSSR count). The summed E-state index contributed by atoms with van der Waals surface area (Å²) in [5, 5.41) is 0. The molecule has 0 unspecified atom stereocenters. The Hall–Kier alpha value is -2.16. The van der Waals surface area contributed by atoms with Crippen LogP contribution in [-0.2, 0) is 0 Å². The number of rotatable bonds is 3. The third kappa shape index (κ3) is 2.81. The van der Waals surface area contributed by atoms with Crippen molar-refractivity contribution in [3.8, 4) is 0 Å². The van der Waals surface area contributed by atoms with Gasteiger partial charge < -0.3 is 4.90 Å². The van der Waals surface area contributed by atoms with Crippen molar-refractivity contribution in [3.05, 3.63) is 66.0 Å². The molecule has 0 bridgehead atoms. The van der Waals surface area contributed by atoms with Gasteiger partial charge in [0.1, 0.15) is 5.82 Å². The van der Waals surface area contributed by atoms with E-state index >= 15 is 0 Å². The number of halogens is 1. The van der Waals surface area contributed by atoms with Crippen LogP contribution in [0.4, 0.5) is 10.1 Å². The van der Waals surface area contributed by atoms with Crippen LogP contribution in [0.1, 0.15) is 24.2 Å². The largest absolute Gasteiger partial charge is 0.303 e. The van der Waals surface area contributed by atoms with Crippen molar-refractivity contribution in [2.45, 2.75) is 19.9 Å². The first-order valence-electron chi connectivity index (χ1n) is 6.24. The Kier molecular flexibility index (Phi) is 3.95. The zero-order chi connectivity index (χ0) is 13.8. The number of carbonyl (C=O) groups is 1. The summed E-state index contributed by atoms with van der Waals surface area (Å²) in [5.41, 5.74) is 0.866. The summed E-state index contributed by atoms with van der Waals surface area (Å²) >= 11 is 0. The first-order valence-corrected chi connectivity index (χ1v) is 6.24. The lowest BCUT2D eigenvalue weighted by Crippen LogP contribution is -2.37. The number of para-hydroxylation sites is 1. The van der Waals surface area contributed by atoms with Gasteiger partial charge in [-0.3, -0.25) is 4.79 Å². The number of hydrogen-bond donors (Lipinski definition) is 0. The summed E-state index contributed by atoms with van der Waals surface area (Å²) in [7, 11) is 0. The Balaban J connectivity index is 2.42. The van der Waals surface area contributed by atoms with E-state index in [9.17, 15) is 9.18 Å². The molecule has 0 saturated heterocycles. The van der Waals surface area contributed by atoms with Crippen LogP contribution in [0.3, 0.4) is 0 Å². The average Bonchev–Trinajstić information content (AvgIpc) is 2.42. The quantitative estimate of drug-likeness (QED) is 0.817. The summed E-state index contributed by atoms with van der Waals surface area (Å²) in [5.74, 6) is -0.582. The maximum atomic E-state index is 13.9. The highest BCUT2D eigenvalue weighted by Gasteiger charge is 2.22. The predicted octanol–water partition coefficient (Wildman–Crippen LogP) is 3.88. The molecule has 0 heterocycles. The summed E-state index contributed by atoms with van der Waals surface area (Å²) in [4.78, 5) is 14.0. The van der Waals surface area contributed by atoms with E-state index in [2.05, 4.69) is 0 Å². The molecule has 98 valence electrons. The van der Waals surface area contributed by atoms with Gasteiger partial charge in [0.05, 0.1) is 5.69 Å². The van der Waals surface area contributed by atoms with Crippen LogP contribution in [0.15, 0.2) is 54.6 Å². The van der Waals surface area contributed by atoms with Gasteiger partial charge in [-0.1, -0.05) is 30.3 Å². The monoisotopic (exact) mass is 257 g/mol. The van der Waals surface area contributed by atoms with E-state index < -0.39 is 0 Å². The van der Waals surface area contributed by atoms with Crippen LogP contribution in [0.5, 0.6) is 0 Å². The number of benzene rings is 2. The molecule has 2 nitrogen and oxygen atoms in total. The molecule has 0 saturated carbocycles. The maximum Gasteiger partial charge on any atom is 0.258 e. The van der Waals surface area contributed by atoms with Crippen LogP contribution < -0.4 is 4.90 Å².